The molecule has 0 fully saturated rings. The Labute approximate surface area is 199 Å². The van der Waals surface area contributed by atoms with Crippen LogP contribution in [0.25, 0.3) is 11.3 Å². The van der Waals surface area contributed by atoms with Crippen LogP contribution in [0.3, 0.4) is 0 Å². The third kappa shape index (κ3) is 5.23. The van der Waals surface area contributed by atoms with Gasteiger partial charge >= 0.3 is 0 Å². The summed E-state index contributed by atoms with van der Waals surface area (Å²) in [5, 5.41) is 16.7. The molecular weight excluding hydrogens is 494 g/mol. The first-order valence-corrected chi connectivity index (χ1v) is 11.2. The fraction of sp³-hybridized carbons (Fsp3) is 0.217. The molecule has 1 heterocycles. The molecule has 9 heteroatoms. The molecule has 7 nitrogen and oxygen atoms in total. The first-order chi connectivity index (χ1) is 15.4. The smallest absolute Gasteiger partial charge is 0.206 e. The lowest BCUT2D eigenvalue weighted by atomic mass is 10.1. The Morgan fingerprint density at radius 3 is 2.56 bits per heavy atom. The van der Waals surface area contributed by atoms with E-state index in [-0.39, 0.29) is 5.75 Å². The lowest BCUT2D eigenvalue weighted by Crippen LogP contribution is -2.13. The van der Waals surface area contributed by atoms with E-state index < -0.39 is 0 Å². The molecule has 0 aliphatic heterocycles. The van der Waals surface area contributed by atoms with Crippen LogP contribution < -0.4 is 19.0 Å². The lowest BCUT2D eigenvalue weighted by Gasteiger charge is -2.11. The second-order valence-corrected chi connectivity index (χ2v) is 8.54. The van der Waals surface area contributed by atoms with Crippen molar-refractivity contribution in [1.29, 1.82) is 0 Å². The lowest BCUT2D eigenvalue weighted by molar-refractivity contribution is 0.372. The number of nitrogens with zero attached hydrogens (tertiary/aromatic N) is 3. The van der Waals surface area contributed by atoms with Crippen molar-refractivity contribution in [3.63, 3.8) is 0 Å². The number of hydrogen-bond acceptors (Lipinski definition) is 7. The second-order valence-electron chi connectivity index (χ2n) is 6.85. The molecule has 0 unspecified atom stereocenters. The Bertz CT molecular complexity index is 1230. The predicted octanol–water partition coefficient (Wildman–Crippen LogP) is 5.07. The summed E-state index contributed by atoms with van der Waals surface area (Å²) >= 11 is 4.81. The number of phenols is 1. The average molecular weight is 518 g/mol. The molecule has 168 valence electrons. The first-order valence-electron chi connectivity index (χ1n) is 9.56. The summed E-state index contributed by atoms with van der Waals surface area (Å²) in [5.74, 6) is 1.74. The molecule has 3 rings (SSSR count). The zero-order valence-electron chi connectivity index (χ0n) is 18.3. The zero-order chi connectivity index (χ0) is 23.3. The summed E-state index contributed by atoms with van der Waals surface area (Å²) in [7, 11) is 4.73. The Kier molecular flexibility index (Phi) is 7.76. The van der Waals surface area contributed by atoms with Crippen molar-refractivity contribution >= 4 is 33.5 Å². The Hall–Kier alpha value is -3.04. The van der Waals surface area contributed by atoms with Crippen LogP contribution >= 0.6 is 27.3 Å². The normalized spacial score (nSPS) is 11.7. The molecule has 0 bridgehead atoms. The quantitative estimate of drug-likeness (QED) is 0.334. The molecule has 0 atom stereocenters. The molecule has 0 aliphatic carbocycles. The number of benzene rings is 2. The summed E-state index contributed by atoms with van der Waals surface area (Å²) in [6.45, 7) is 6.35. The predicted molar refractivity (Wildman–Crippen MR) is 131 cm³/mol. The molecule has 1 aromatic heterocycles. The maximum absolute atomic E-state index is 10.1. The molecule has 0 radical (unpaired) electrons. The van der Waals surface area contributed by atoms with Crippen molar-refractivity contribution in [3.8, 4) is 34.3 Å². The van der Waals surface area contributed by atoms with Crippen LogP contribution in [0.5, 0.6) is 23.0 Å². The zero-order valence-corrected chi connectivity index (χ0v) is 20.7. The van der Waals surface area contributed by atoms with Crippen molar-refractivity contribution < 1.29 is 19.3 Å². The Morgan fingerprint density at radius 2 is 1.91 bits per heavy atom. The van der Waals surface area contributed by atoms with Crippen molar-refractivity contribution in [2.75, 3.05) is 27.9 Å². The van der Waals surface area contributed by atoms with Crippen LogP contribution in [0, 0.1) is 0 Å². The van der Waals surface area contributed by atoms with Crippen LogP contribution in [0.2, 0.25) is 0 Å². The van der Waals surface area contributed by atoms with Gasteiger partial charge in [0.05, 0.1) is 44.3 Å². The fourth-order valence-corrected chi connectivity index (χ4v) is 4.15. The molecule has 32 heavy (non-hydrogen) atoms. The number of methoxy groups -OCH3 is 3. The maximum atomic E-state index is 10.1. The van der Waals surface area contributed by atoms with E-state index in [1.54, 1.807) is 37.2 Å². The van der Waals surface area contributed by atoms with Gasteiger partial charge in [0, 0.05) is 17.0 Å². The Balaban J connectivity index is 2.15. The van der Waals surface area contributed by atoms with Crippen molar-refractivity contribution in [2.24, 2.45) is 10.1 Å². The number of aromatic hydroxyl groups is 1. The minimum absolute atomic E-state index is 0.0358. The van der Waals surface area contributed by atoms with E-state index in [1.807, 2.05) is 30.5 Å². The monoisotopic (exact) mass is 517 g/mol. The molecule has 3 aromatic rings. The number of aromatic nitrogens is 1. The standard InChI is InChI=1S/C23H24BrN3O4S/c1-14(2)11-25-23-27(26-12-15-8-18(24)22(28)21(9-15)31-5)19(13-32-23)17-7-6-16(29-3)10-20(17)30-4/h6-10,12-13,28H,1,11H2,2-5H3. The van der Waals surface area contributed by atoms with Gasteiger partial charge in [0.1, 0.15) is 11.5 Å². The summed E-state index contributed by atoms with van der Waals surface area (Å²) < 4.78 is 18.4. The summed E-state index contributed by atoms with van der Waals surface area (Å²) in [6.07, 6.45) is 1.68. The highest BCUT2D eigenvalue weighted by molar-refractivity contribution is 9.10. The van der Waals surface area contributed by atoms with E-state index in [2.05, 4.69) is 32.6 Å². The van der Waals surface area contributed by atoms with E-state index in [0.29, 0.717) is 33.1 Å². The van der Waals surface area contributed by atoms with Gasteiger partial charge in [-0.1, -0.05) is 12.2 Å². The van der Waals surface area contributed by atoms with E-state index in [4.69, 9.17) is 14.2 Å². The topological polar surface area (TPSA) is 77.6 Å². The molecular formula is C23H24BrN3O4S. The molecule has 0 spiro atoms. The van der Waals surface area contributed by atoms with E-state index >= 15 is 0 Å². The van der Waals surface area contributed by atoms with Crippen molar-refractivity contribution in [2.45, 2.75) is 6.92 Å². The van der Waals surface area contributed by atoms with Gasteiger partial charge in [-0.3, -0.25) is 4.99 Å². The van der Waals surface area contributed by atoms with Gasteiger partial charge in [0.2, 0.25) is 4.80 Å². The number of phenolic OH excluding ortho intramolecular Hbond substituents is 1. The molecule has 0 saturated heterocycles. The van der Waals surface area contributed by atoms with Crippen LogP contribution in [-0.4, -0.2) is 43.9 Å². The van der Waals surface area contributed by atoms with Gasteiger partial charge in [-0.05, 0) is 52.7 Å². The van der Waals surface area contributed by atoms with Gasteiger partial charge in [-0.25, -0.2) is 4.68 Å². The maximum Gasteiger partial charge on any atom is 0.206 e. The molecule has 2 aromatic carbocycles. The van der Waals surface area contributed by atoms with Gasteiger partial charge in [0.15, 0.2) is 11.5 Å². The minimum atomic E-state index is 0.0358. The van der Waals surface area contributed by atoms with Gasteiger partial charge in [0.25, 0.3) is 0 Å². The third-order valence-corrected chi connectivity index (χ3v) is 5.91. The molecule has 0 amide bonds. The fourth-order valence-electron chi connectivity index (χ4n) is 2.87. The minimum Gasteiger partial charge on any atom is -0.503 e. The molecule has 0 saturated carbocycles. The number of hydrogen-bond donors (Lipinski definition) is 1. The van der Waals surface area contributed by atoms with Crippen molar-refractivity contribution in [1.82, 2.24) is 4.68 Å². The van der Waals surface area contributed by atoms with Gasteiger partial charge in [-0.2, -0.15) is 5.10 Å². The Morgan fingerprint density at radius 1 is 1.16 bits per heavy atom. The van der Waals surface area contributed by atoms with Crippen LogP contribution in [0.15, 0.2) is 62.4 Å². The van der Waals surface area contributed by atoms with Crippen LogP contribution in [0.1, 0.15) is 12.5 Å². The van der Waals surface area contributed by atoms with Gasteiger partial charge in [-0.15, -0.1) is 11.3 Å². The highest BCUT2D eigenvalue weighted by Crippen LogP contribution is 2.35. The van der Waals surface area contributed by atoms with E-state index in [0.717, 1.165) is 22.4 Å². The number of thiazole rings is 1. The van der Waals surface area contributed by atoms with Crippen LogP contribution in [-0.2, 0) is 0 Å². The van der Waals surface area contributed by atoms with E-state index in [1.165, 1.54) is 18.4 Å². The number of halogens is 1. The summed E-state index contributed by atoms with van der Waals surface area (Å²) in [4.78, 5) is 5.36. The van der Waals surface area contributed by atoms with Crippen LogP contribution in [0.4, 0.5) is 0 Å². The highest BCUT2D eigenvalue weighted by atomic mass is 79.9. The largest absolute Gasteiger partial charge is 0.503 e. The molecule has 0 aliphatic rings. The number of rotatable bonds is 8. The highest BCUT2D eigenvalue weighted by Gasteiger charge is 2.14. The van der Waals surface area contributed by atoms with Crippen molar-refractivity contribution in [3.05, 3.63) is 62.7 Å². The van der Waals surface area contributed by atoms with Gasteiger partial charge < -0.3 is 19.3 Å². The first kappa shape index (κ1) is 23.6. The summed E-state index contributed by atoms with van der Waals surface area (Å²) in [6, 6.07) is 9.08. The molecule has 1 N–H and O–H groups in total. The second kappa shape index (κ2) is 10.5. The van der Waals surface area contributed by atoms with E-state index in [9.17, 15) is 5.11 Å². The number of ether oxygens (including phenoxy) is 3. The average Bonchev–Trinajstić information content (AvgIpc) is 3.20. The third-order valence-electron chi connectivity index (χ3n) is 4.45. The summed E-state index contributed by atoms with van der Waals surface area (Å²) in [5.41, 5.74) is 3.35. The SMILES string of the molecule is C=C(C)CN=c1scc(-c2ccc(OC)cc2OC)n1N=Cc1cc(Br)c(O)c(OC)c1.